The van der Waals surface area contributed by atoms with Crippen LogP contribution >= 0.6 is 0 Å². The first-order valence-corrected chi connectivity index (χ1v) is 10.1. The fraction of sp³-hybridized carbons (Fsp3) is 0.524. The first-order valence-electron chi connectivity index (χ1n) is 10.1. The van der Waals surface area contributed by atoms with Crippen molar-refractivity contribution in [2.45, 2.75) is 38.3 Å². The molecule has 2 aliphatic rings. The van der Waals surface area contributed by atoms with E-state index >= 15 is 0 Å². The molecule has 0 spiro atoms. The number of piperidine rings is 1. The lowest BCUT2D eigenvalue weighted by atomic mass is 9.98. The minimum atomic E-state index is -0.288. The Kier molecular flexibility index (Phi) is 6.02. The summed E-state index contributed by atoms with van der Waals surface area (Å²) in [4.78, 5) is 18.9. The van der Waals surface area contributed by atoms with Gasteiger partial charge < -0.3 is 15.1 Å². The standard InChI is InChI=1S/C21H27FN4O2/c22-17-6-1-5-16(10-17)19-12-24-20(28-19)14-26-9-3-4-15(13-26)11-25-21(27)18-7-2-8-23-18/h1,5-6,10,12,15,18,23H,2-4,7-9,11,13-14H2,(H,25,27). The van der Waals surface area contributed by atoms with E-state index in [0.717, 1.165) is 45.3 Å². The minimum Gasteiger partial charge on any atom is -0.439 e. The third-order valence-corrected chi connectivity index (χ3v) is 5.57. The molecule has 2 saturated heterocycles. The van der Waals surface area contributed by atoms with E-state index in [4.69, 9.17) is 4.42 Å². The van der Waals surface area contributed by atoms with Gasteiger partial charge in [0.05, 0.1) is 18.8 Å². The van der Waals surface area contributed by atoms with Crippen LogP contribution in [0, 0.1) is 11.7 Å². The lowest BCUT2D eigenvalue weighted by Crippen LogP contribution is -2.45. The van der Waals surface area contributed by atoms with Crippen LogP contribution < -0.4 is 10.6 Å². The molecule has 2 aliphatic heterocycles. The van der Waals surface area contributed by atoms with Crippen LogP contribution in [0.4, 0.5) is 4.39 Å². The van der Waals surface area contributed by atoms with Gasteiger partial charge in [0, 0.05) is 18.7 Å². The van der Waals surface area contributed by atoms with E-state index in [-0.39, 0.29) is 17.8 Å². The summed E-state index contributed by atoms with van der Waals surface area (Å²) in [5, 5.41) is 6.35. The van der Waals surface area contributed by atoms with Crippen molar-refractivity contribution in [3.63, 3.8) is 0 Å². The maximum atomic E-state index is 13.4. The van der Waals surface area contributed by atoms with E-state index in [9.17, 15) is 9.18 Å². The van der Waals surface area contributed by atoms with Crippen molar-refractivity contribution < 1.29 is 13.6 Å². The normalized spacial score (nSPS) is 23.0. The molecule has 6 nitrogen and oxygen atoms in total. The number of rotatable bonds is 6. The molecule has 1 amide bonds. The highest BCUT2D eigenvalue weighted by atomic mass is 19.1. The molecular formula is C21H27FN4O2. The number of carbonyl (C=O) groups is 1. The molecule has 2 unspecified atom stereocenters. The van der Waals surface area contributed by atoms with Gasteiger partial charge in [0.2, 0.25) is 11.8 Å². The van der Waals surface area contributed by atoms with Crippen molar-refractivity contribution in [2.75, 3.05) is 26.2 Å². The summed E-state index contributed by atoms with van der Waals surface area (Å²) in [6.45, 7) is 4.18. The van der Waals surface area contributed by atoms with Gasteiger partial charge in [0.25, 0.3) is 0 Å². The number of hydrogen-bond acceptors (Lipinski definition) is 5. The van der Waals surface area contributed by atoms with Crippen LogP contribution in [-0.4, -0.2) is 48.0 Å². The van der Waals surface area contributed by atoms with Gasteiger partial charge >= 0.3 is 0 Å². The van der Waals surface area contributed by atoms with Crippen LogP contribution in [-0.2, 0) is 11.3 Å². The van der Waals surface area contributed by atoms with Crippen molar-refractivity contribution in [3.8, 4) is 11.3 Å². The van der Waals surface area contributed by atoms with Crippen LogP contribution in [0.3, 0.4) is 0 Å². The SMILES string of the molecule is O=C(NCC1CCCN(Cc2ncc(-c3cccc(F)c3)o2)C1)C1CCCN1. The van der Waals surface area contributed by atoms with Gasteiger partial charge in [-0.15, -0.1) is 0 Å². The maximum Gasteiger partial charge on any atom is 0.237 e. The first kappa shape index (κ1) is 19.1. The van der Waals surface area contributed by atoms with Gasteiger partial charge in [-0.3, -0.25) is 9.69 Å². The first-order chi connectivity index (χ1) is 13.7. The highest BCUT2D eigenvalue weighted by Crippen LogP contribution is 2.23. The lowest BCUT2D eigenvalue weighted by molar-refractivity contribution is -0.123. The zero-order chi connectivity index (χ0) is 19.3. The number of nitrogens with zero attached hydrogens (tertiary/aromatic N) is 2. The number of oxazole rings is 1. The largest absolute Gasteiger partial charge is 0.439 e. The molecule has 0 bridgehead atoms. The Labute approximate surface area is 164 Å². The summed E-state index contributed by atoms with van der Waals surface area (Å²) in [6, 6.07) is 6.32. The summed E-state index contributed by atoms with van der Waals surface area (Å²) in [5.74, 6) is 1.50. The fourth-order valence-corrected chi connectivity index (χ4v) is 4.09. The Hall–Kier alpha value is -2.25. The van der Waals surface area contributed by atoms with Gasteiger partial charge in [0.1, 0.15) is 5.82 Å². The highest BCUT2D eigenvalue weighted by Gasteiger charge is 2.25. The Balaban J connectivity index is 1.28. The molecule has 2 N–H and O–H groups in total. The summed E-state index contributed by atoms with van der Waals surface area (Å²) >= 11 is 0. The third kappa shape index (κ3) is 4.77. The highest BCUT2D eigenvalue weighted by molar-refractivity contribution is 5.81. The van der Waals surface area contributed by atoms with Crippen LogP contribution in [0.5, 0.6) is 0 Å². The molecule has 7 heteroatoms. The monoisotopic (exact) mass is 386 g/mol. The average Bonchev–Trinajstić information content (AvgIpc) is 3.39. The molecule has 150 valence electrons. The summed E-state index contributed by atoms with van der Waals surface area (Å²) < 4.78 is 19.2. The van der Waals surface area contributed by atoms with Crippen LogP contribution in [0.1, 0.15) is 31.6 Å². The van der Waals surface area contributed by atoms with E-state index in [1.807, 2.05) is 6.07 Å². The number of hydrogen-bond donors (Lipinski definition) is 2. The molecule has 0 aliphatic carbocycles. The molecule has 4 rings (SSSR count). The summed E-state index contributed by atoms with van der Waals surface area (Å²) in [5.41, 5.74) is 0.693. The van der Waals surface area contributed by atoms with Gasteiger partial charge in [-0.25, -0.2) is 9.37 Å². The molecule has 0 radical (unpaired) electrons. The Morgan fingerprint density at radius 1 is 1.36 bits per heavy atom. The van der Waals surface area contributed by atoms with Crippen molar-refractivity contribution >= 4 is 5.91 Å². The van der Waals surface area contributed by atoms with Gasteiger partial charge in [-0.2, -0.15) is 0 Å². The van der Waals surface area contributed by atoms with E-state index in [1.54, 1.807) is 12.3 Å². The maximum absolute atomic E-state index is 13.4. The van der Waals surface area contributed by atoms with Crippen molar-refractivity contribution in [2.24, 2.45) is 5.92 Å². The molecule has 1 aromatic carbocycles. The zero-order valence-corrected chi connectivity index (χ0v) is 16.0. The molecular weight excluding hydrogens is 359 g/mol. The van der Waals surface area contributed by atoms with Crippen molar-refractivity contribution in [1.82, 2.24) is 20.5 Å². The summed E-state index contributed by atoms with van der Waals surface area (Å²) in [7, 11) is 0. The lowest BCUT2D eigenvalue weighted by Gasteiger charge is -2.32. The number of benzene rings is 1. The number of aromatic nitrogens is 1. The number of likely N-dealkylation sites (tertiary alicyclic amines) is 1. The predicted octanol–water partition coefficient (Wildman–Crippen LogP) is 2.56. The van der Waals surface area contributed by atoms with Crippen molar-refractivity contribution in [3.05, 3.63) is 42.2 Å². The van der Waals surface area contributed by atoms with E-state index in [2.05, 4.69) is 20.5 Å². The predicted molar refractivity (Wildman–Crippen MR) is 104 cm³/mol. The molecule has 28 heavy (non-hydrogen) atoms. The second-order valence-corrected chi connectivity index (χ2v) is 7.77. The van der Waals surface area contributed by atoms with Gasteiger partial charge in [-0.05, 0) is 56.8 Å². The van der Waals surface area contributed by atoms with E-state index in [1.165, 1.54) is 12.1 Å². The Morgan fingerprint density at radius 2 is 2.29 bits per heavy atom. The van der Waals surface area contributed by atoms with Gasteiger partial charge in [-0.1, -0.05) is 12.1 Å². The van der Waals surface area contributed by atoms with Gasteiger partial charge in [0.15, 0.2) is 5.76 Å². The summed E-state index contributed by atoms with van der Waals surface area (Å²) in [6.07, 6.45) is 5.87. The molecule has 1 aromatic heterocycles. The number of carbonyl (C=O) groups excluding carboxylic acids is 1. The smallest absolute Gasteiger partial charge is 0.237 e. The number of halogens is 1. The van der Waals surface area contributed by atoms with Crippen LogP contribution in [0.25, 0.3) is 11.3 Å². The average molecular weight is 386 g/mol. The molecule has 0 saturated carbocycles. The van der Waals surface area contributed by atoms with E-state index < -0.39 is 0 Å². The minimum absolute atomic E-state index is 0.0201. The number of nitrogens with one attached hydrogen (secondary N) is 2. The zero-order valence-electron chi connectivity index (χ0n) is 16.0. The second kappa shape index (κ2) is 8.84. The van der Waals surface area contributed by atoms with Crippen LogP contribution in [0.2, 0.25) is 0 Å². The number of amides is 1. The van der Waals surface area contributed by atoms with E-state index in [0.29, 0.717) is 36.2 Å². The molecule has 2 atom stereocenters. The van der Waals surface area contributed by atoms with Crippen LogP contribution in [0.15, 0.2) is 34.9 Å². The second-order valence-electron chi connectivity index (χ2n) is 7.77. The molecule has 2 fully saturated rings. The Morgan fingerprint density at radius 3 is 3.11 bits per heavy atom. The topological polar surface area (TPSA) is 70.4 Å². The Bertz CT molecular complexity index is 803. The fourth-order valence-electron chi connectivity index (χ4n) is 4.09. The third-order valence-electron chi connectivity index (χ3n) is 5.57. The molecule has 3 heterocycles. The molecule has 2 aromatic rings. The quantitative estimate of drug-likeness (QED) is 0.799. The van der Waals surface area contributed by atoms with Crippen molar-refractivity contribution in [1.29, 1.82) is 0 Å².